The van der Waals surface area contributed by atoms with E-state index in [4.69, 9.17) is 14.6 Å². The minimum absolute atomic E-state index is 0.0640. The van der Waals surface area contributed by atoms with Crippen LogP contribution < -0.4 is 9.64 Å². The lowest BCUT2D eigenvalue weighted by Gasteiger charge is -2.28. The maximum absolute atomic E-state index is 11.1. The number of aliphatic imine (C=N–C) groups is 1. The van der Waals surface area contributed by atoms with E-state index in [1.165, 1.54) is 6.40 Å². The van der Waals surface area contributed by atoms with Crippen molar-refractivity contribution in [1.82, 2.24) is 0 Å². The second kappa shape index (κ2) is 7.99. The third-order valence-corrected chi connectivity index (χ3v) is 4.07. The largest absolute Gasteiger partial charge is 0.504 e. The van der Waals surface area contributed by atoms with Gasteiger partial charge in [0.15, 0.2) is 17.9 Å². The fourth-order valence-electron chi connectivity index (χ4n) is 2.80. The van der Waals surface area contributed by atoms with Crippen molar-refractivity contribution in [3.8, 4) is 11.5 Å². The molecule has 1 aliphatic rings. The lowest BCUT2D eigenvalue weighted by atomic mass is 10.1. The third kappa shape index (κ3) is 4.49. The summed E-state index contributed by atoms with van der Waals surface area (Å²) in [6, 6.07) is 11.7. The zero-order chi connectivity index (χ0) is 19.4. The molecule has 0 fully saturated rings. The number of carboxylic acid groups (broad SMARTS) is 1. The number of benzene rings is 2. The Morgan fingerprint density at radius 3 is 2.56 bits per heavy atom. The van der Waals surface area contributed by atoms with Crippen LogP contribution in [0.1, 0.15) is 24.2 Å². The second-order valence-corrected chi connectivity index (χ2v) is 6.51. The summed E-state index contributed by atoms with van der Waals surface area (Å²) >= 11 is 0. The first kappa shape index (κ1) is 18.6. The molecule has 7 heteroatoms. The summed E-state index contributed by atoms with van der Waals surface area (Å²) in [6.07, 6.45) is 1.24. The maximum atomic E-state index is 11.1. The van der Waals surface area contributed by atoms with Gasteiger partial charge < -0.3 is 24.6 Å². The Labute approximate surface area is 157 Å². The number of nitrogens with zero attached hydrogens (tertiary/aromatic N) is 2. The van der Waals surface area contributed by atoms with Crippen molar-refractivity contribution in [2.24, 2.45) is 4.99 Å². The first-order chi connectivity index (χ1) is 12.9. The molecule has 142 valence electrons. The lowest BCUT2D eigenvalue weighted by Crippen LogP contribution is -2.30. The highest BCUT2D eigenvalue weighted by Crippen LogP contribution is 2.35. The Morgan fingerprint density at radius 2 is 1.96 bits per heavy atom. The summed E-state index contributed by atoms with van der Waals surface area (Å²) in [7, 11) is 0. The van der Waals surface area contributed by atoms with E-state index in [1.54, 1.807) is 42.5 Å². The molecule has 0 spiro atoms. The van der Waals surface area contributed by atoms with Gasteiger partial charge in [-0.15, -0.1) is 0 Å². The van der Waals surface area contributed by atoms with Gasteiger partial charge >= 0.3 is 5.97 Å². The van der Waals surface area contributed by atoms with Gasteiger partial charge in [-0.05, 0) is 50.2 Å². The zero-order valence-electron chi connectivity index (χ0n) is 15.2. The normalized spacial score (nSPS) is 15.6. The van der Waals surface area contributed by atoms with Crippen molar-refractivity contribution >= 4 is 23.7 Å². The average Bonchev–Trinajstić information content (AvgIpc) is 3.15. The highest BCUT2D eigenvalue weighted by Gasteiger charge is 2.21. The van der Waals surface area contributed by atoms with Gasteiger partial charge in [0.2, 0.25) is 0 Å². The number of aromatic hydroxyl groups is 1. The third-order valence-electron chi connectivity index (χ3n) is 4.07. The van der Waals surface area contributed by atoms with Crippen LogP contribution >= 0.6 is 0 Å². The van der Waals surface area contributed by atoms with Crippen molar-refractivity contribution in [3.63, 3.8) is 0 Å². The van der Waals surface area contributed by atoms with Crippen LogP contribution in [0, 0.1) is 0 Å². The lowest BCUT2D eigenvalue weighted by molar-refractivity contribution is 0.0697. The Hall–Kier alpha value is -3.22. The number of phenols is 1. The molecular formula is C20H22N2O5. The molecule has 0 amide bonds. The first-order valence-corrected chi connectivity index (χ1v) is 8.68. The van der Waals surface area contributed by atoms with Gasteiger partial charge in [0.1, 0.15) is 6.10 Å². The number of hydrogen-bond acceptors (Lipinski definition) is 6. The molecule has 1 unspecified atom stereocenters. The summed E-state index contributed by atoms with van der Waals surface area (Å²) in [5.74, 6) is -0.523. The highest BCUT2D eigenvalue weighted by atomic mass is 16.5. The molecule has 2 aromatic carbocycles. The molecule has 0 aliphatic carbocycles. The number of anilines is 2. The molecule has 0 aromatic heterocycles. The van der Waals surface area contributed by atoms with Crippen LogP contribution in [0.25, 0.3) is 0 Å². The molecule has 0 bridgehead atoms. The van der Waals surface area contributed by atoms with Crippen LogP contribution in [0.2, 0.25) is 0 Å². The van der Waals surface area contributed by atoms with Gasteiger partial charge in [0.05, 0.1) is 24.8 Å². The Bertz CT molecular complexity index is 825. The zero-order valence-corrected chi connectivity index (χ0v) is 15.2. The molecule has 1 heterocycles. The SMILES string of the molecule is CC(C)Oc1cc(N(CC2CN=CO2)c2ccc(C(=O)O)cc2)ccc1O. The number of hydrogen-bond donors (Lipinski definition) is 2. The molecule has 27 heavy (non-hydrogen) atoms. The van der Waals surface area contributed by atoms with Gasteiger partial charge in [-0.2, -0.15) is 0 Å². The van der Waals surface area contributed by atoms with E-state index in [-0.39, 0.29) is 23.5 Å². The fourth-order valence-corrected chi connectivity index (χ4v) is 2.80. The molecule has 1 atom stereocenters. The van der Waals surface area contributed by atoms with E-state index < -0.39 is 5.97 Å². The Morgan fingerprint density at radius 1 is 1.26 bits per heavy atom. The quantitative estimate of drug-likeness (QED) is 0.776. The molecule has 1 aliphatic heterocycles. The van der Waals surface area contributed by atoms with Crippen molar-refractivity contribution < 1.29 is 24.5 Å². The molecule has 0 saturated carbocycles. The van der Waals surface area contributed by atoms with Crippen molar-refractivity contribution in [2.45, 2.75) is 26.1 Å². The monoisotopic (exact) mass is 370 g/mol. The smallest absolute Gasteiger partial charge is 0.335 e. The Balaban J connectivity index is 1.95. The first-order valence-electron chi connectivity index (χ1n) is 8.68. The van der Waals surface area contributed by atoms with Crippen LogP contribution in [0.3, 0.4) is 0 Å². The van der Waals surface area contributed by atoms with Crippen LogP contribution in [0.4, 0.5) is 11.4 Å². The van der Waals surface area contributed by atoms with E-state index in [9.17, 15) is 9.90 Å². The second-order valence-electron chi connectivity index (χ2n) is 6.51. The molecule has 0 radical (unpaired) electrons. The van der Waals surface area contributed by atoms with Crippen LogP contribution in [-0.2, 0) is 4.74 Å². The van der Waals surface area contributed by atoms with Gasteiger partial charge in [0.25, 0.3) is 0 Å². The Kier molecular flexibility index (Phi) is 5.49. The standard InChI is InChI=1S/C20H22N2O5/c1-13(2)27-19-9-16(7-8-18(19)23)22(11-17-10-21-12-26-17)15-5-3-14(4-6-15)20(24)25/h3-9,12-13,17,23H,10-11H2,1-2H3,(H,24,25). The highest BCUT2D eigenvalue weighted by molar-refractivity contribution is 5.88. The van der Waals surface area contributed by atoms with Gasteiger partial charge in [-0.25, -0.2) is 4.79 Å². The summed E-state index contributed by atoms with van der Waals surface area (Å²) in [6.45, 7) is 4.84. The van der Waals surface area contributed by atoms with Crippen molar-refractivity contribution in [1.29, 1.82) is 0 Å². The predicted molar refractivity (Wildman–Crippen MR) is 103 cm³/mol. The fraction of sp³-hybridized carbons (Fsp3) is 0.300. The average molecular weight is 370 g/mol. The summed E-state index contributed by atoms with van der Waals surface area (Å²) in [5, 5.41) is 19.2. The van der Waals surface area contributed by atoms with E-state index in [0.717, 1.165) is 11.4 Å². The molecule has 2 aromatic rings. The van der Waals surface area contributed by atoms with Crippen LogP contribution in [0.15, 0.2) is 47.5 Å². The van der Waals surface area contributed by atoms with E-state index in [0.29, 0.717) is 18.8 Å². The number of phenolic OH excluding ortho intramolecular Hbond substituents is 1. The van der Waals surface area contributed by atoms with E-state index in [1.807, 2.05) is 18.7 Å². The van der Waals surface area contributed by atoms with Crippen molar-refractivity contribution in [3.05, 3.63) is 48.0 Å². The van der Waals surface area contributed by atoms with Gasteiger partial charge in [-0.1, -0.05) is 0 Å². The number of rotatable bonds is 7. The summed E-state index contributed by atoms with van der Waals surface area (Å²) in [5.41, 5.74) is 1.81. The number of carboxylic acids is 1. The van der Waals surface area contributed by atoms with E-state index >= 15 is 0 Å². The summed E-state index contributed by atoms with van der Waals surface area (Å²) in [4.78, 5) is 17.2. The minimum Gasteiger partial charge on any atom is -0.504 e. The van der Waals surface area contributed by atoms with Crippen molar-refractivity contribution in [2.75, 3.05) is 18.0 Å². The molecular weight excluding hydrogens is 348 g/mol. The number of aromatic carboxylic acids is 1. The molecule has 2 N–H and O–H groups in total. The van der Waals surface area contributed by atoms with Crippen LogP contribution in [-0.4, -0.2) is 47.9 Å². The topological polar surface area (TPSA) is 91.6 Å². The van der Waals surface area contributed by atoms with Crippen LogP contribution in [0.5, 0.6) is 11.5 Å². The molecule has 7 nitrogen and oxygen atoms in total. The molecule has 0 saturated heterocycles. The predicted octanol–water partition coefficient (Wildman–Crippen LogP) is 3.44. The van der Waals surface area contributed by atoms with E-state index in [2.05, 4.69) is 4.99 Å². The molecule has 3 rings (SSSR count). The summed E-state index contributed by atoms with van der Waals surface area (Å²) < 4.78 is 11.2. The number of ether oxygens (including phenoxy) is 2. The van der Waals surface area contributed by atoms with Gasteiger partial charge in [0, 0.05) is 17.4 Å². The van der Waals surface area contributed by atoms with Gasteiger partial charge in [-0.3, -0.25) is 4.99 Å². The maximum Gasteiger partial charge on any atom is 0.335 e. The number of carbonyl (C=O) groups is 1. The minimum atomic E-state index is -0.974.